The van der Waals surface area contributed by atoms with Gasteiger partial charge in [-0.1, -0.05) is 18.7 Å². The molecule has 0 aliphatic heterocycles. The molecular weight excluding hydrogens is 402 g/mol. The van der Waals surface area contributed by atoms with Crippen molar-refractivity contribution in [3.63, 3.8) is 0 Å². The first kappa shape index (κ1) is 20.8. The van der Waals surface area contributed by atoms with Crippen LogP contribution in [0, 0.1) is 18.6 Å². The maximum absolute atomic E-state index is 13.8. The van der Waals surface area contributed by atoms with Gasteiger partial charge >= 0.3 is 6.08 Å². The smallest absolute Gasteiger partial charge is 0.399 e. The van der Waals surface area contributed by atoms with E-state index in [4.69, 9.17) is 9.15 Å². The van der Waals surface area contributed by atoms with Gasteiger partial charge in [-0.2, -0.15) is 4.98 Å². The Labute approximate surface area is 178 Å². The van der Waals surface area contributed by atoms with Crippen molar-refractivity contribution in [2.24, 2.45) is 0 Å². The number of carbonyl (C=O) groups excluding carboxylic acids is 1. The summed E-state index contributed by atoms with van der Waals surface area (Å²) in [5, 5.41) is 2.66. The third-order valence-electron chi connectivity index (χ3n) is 5.48. The molecule has 3 aromatic rings. The quantitative estimate of drug-likeness (QED) is 0.554. The Bertz CT molecular complexity index is 1150. The molecule has 0 bridgehead atoms. The SMILES string of the molecule is C=C1CCCc2c(Oc3nc(C(=O)NC(C)c4cc(F)c(C)c(F)c4)co3)cccc21. The van der Waals surface area contributed by atoms with Crippen LogP contribution in [0.4, 0.5) is 8.78 Å². The molecule has 1 aromatic heterocycles. The van der Waals surface area contributed by atoms with Crippen molar-refractivity contribution in [3.05, 3.63) is 82.8 Å². The third kappa shape index (κ3) is 4.21. The lowest BCUT2D eigenvalue weighted by Crippen LogP contribution is -2.27. The number of hydrogen-bond acceptors (Lipinski definition) is 4. The molecule has 1 amide bonds. The van der Waals surface area contributed by atoms with Gasteiger partial charge in [-0.3, -0.25) is 4.79 Å². The molecule has 1 aliphatic rings. The van der Waals surface area contributed by atoms with E-state index in [-0.39, 0.29) is 17.3 Å². The average Bonchev–Trinajstić information content (AvgIpc) is 3.21. The molecule has 5 nitrogen and oxygen atoms in total. The summed E-state index contributed by atoms with van der Waals surface area (Å²) in [6, 6.07) is 7.48. The zero-order valence-electron chi connectivity index (χ0n) is 17.3. The molecule has 0 saturated heterocycles. The lowest BCUT2D eigenvalue weighted by molar-refractivity contribution is 0.0934. The molecule has 0 radical (unpaired) electrons. The molecule has 4 rings (SSSR count). The normalized spacial score (nSPS) is 14.1. The van der Waals surface area contributed by atoms with Crippen LogP contribution < -0.4 is 10.1 Å². The third-order valence-corrected chi connectivity index (χ3v) is 5.48. The Balaban J connectivity index is 1.47. The largest absolute Gasteiger partial charge is 0.416 e. The minimum atomic E-state index is -0.665. The molecule has 0 saturated carbocycles. The number of oxazole rings is 1. The standard InChI is InChI=1S/C24H22F2N2O3/c1-13-6-4-8-18-17(13)7-5-9-22(18)31-24-28-21(12-30-24)23(29)27-15(3)16-10-19(25)14(2)20(26)11-16/h5,7,9-12,15H,1,4,6,8H2,2-3H3,(H,27,29). The number of rotatable bonds is 5. The van der Waals surface area contributed by atoms with E-state index >= 15 is 0 Å². The van der Waals surface area contributed by atoms with Crippen molar-refractivity contribution in [1.29, 1.82) is 0 Å². The van der Waals surface area contributed by atoms with Crippen molar-refractivity contribution < 1.29 is 22.7 Å². The summed E-state index contributed by atoms with van der Waals surface area (Å²) >= 11 is 0. The van der Waals surface area contributed by atoms with E-state index in [1.165, 1.54) is 25.3 Å². The number of nitrogens with one attached hydrogen (secondary N) is 1. The summed E-state index contributed by atoms with van der Waals surface area (Å²) in [6.07, 6.45) is 3.92. The van der Waals surface area contributed by atoms with E-state index < -0.39 is 23.6 Å². The minimum Gasteiger partial charge on any atom is -0.416 e. The maximum atomic E-state index is 13.8. The Kier molecular flexibility index (Phi) is 5.59. The summed E-state index contributed by atoms with van der Waals surface area (Å²) in [7, 11) is 0. The van der Waals surface area contributed by atoms with Crippen LogP contribution in [0.2, 0.25) is 0 Å². The minimum absolute atomic E-state index is 0.00381. The van der Waals surface area contributed by atoms with E-state index in [0.29, 0.717) is 11.3 Å². The van der Waals surface area contributed by atoms with Crippen molar-refractivity contribution in [1.82, 2.24) is 10.3 Å². The molecule has 2 aromatic carbocycles. The predicted octanol–water partition coefficient (Wildman–Crippen LogP) is 5.89. The number of aromatic nitrogens is 1. The number of fused-ring (bicyclic) bond motifs is 1. The van der Waals surface area contributed by atoms with Crippen molar-refractivity contribution in [2.75, 3.05) is 0 Å². The molecular formula is C24H22F2N2O3. The topological polar surface area (TPSA) is 64.4 Å². The van der Waals surface area contributed by atoms with E-state index in [2.05, 4.69) is 16.9 Å². The van der Waals surface area contributed by atoms with Crippen LogP contribution in [0.15, 0.2) is 47.6 Å². The number of amides is 1. The second-order valence-electron chi connectivity index (χ2n) is 7.64. The molecule has 31 heavy (non-hydrogen) atoms. The summed E-state index contributed by atoms with van der Waals surface area (Å²) in [5.41, 5.74) is 3.43. The molecule has 1 unspecified atom stereocenters. The van der Waals surface area contributed by atoms with Gasteiger partial charge in [0.15, 0.2) is 5.69 Å². The van der Waals surface area contributed by atoms with E-state index in [1.807, 2.05) is 18.2 Å². The number of nitrogens with zero attached hydrogens (tertiary/aromatic N) is 1. The number of carbonyl (C=O) groups is 1. The van der Waals surface area contributed by atoms with Gasteiger partial charge in [-0.15, -0.1) is 0 Å². The van der Waals surface area contributed by atoms with Gasteiger partial charge in [0.25, 0.3) is 5.91 Å². The van der Waals surface area contributed by atoms with Gasteiger partial charge in [0.1, 0.15) is 23.6 Å². The van der Waals surface area contributed by atoms with Gasteiger partial charge in [0.05, 0.1) is 6.04 Å². The van der Waals surface area contributed by atoms with Crippen LogP contribution in [0.3, 0.4) is 0 Å². The highest BCUT2D eigenvalue weighted by atomic mass is 19.1. The summed E-state index contributed by atoms with van der Waals surface area (Å²) in [5.74, 6) is -1.26. The van der Waals surface area contributed by atoms with Gasteiger partial charge in [-0.25, -0.2) is 8.78 Å². The molecule has 0 fully saturated rings. The summed E-state index contributed by atoms with van der Waals surface area (Å²) < 4.78 is 38.7. The second kappa shape index (κ2) is 8.34. The van der Waals surface area contributed by atoms with Crippen LogP contribution >= 0.6 is 0 Å². The van der Waals surface area contributed by atoms with Crippen LogP contribution in [-0.2, 0) is 6.42 Å². The van der Waals surface area contributed by atoms with E-state index in [0.717, 1.165) is 36.0 Å². The molecule has 1 heterocycles. The van der Waals surface area contributed by atoms with Crippen LogP contribution in [-0.4, -0.2) is 10.9 Å². The van der Waals surface area contributed by atoms with Crippen LogP contribution in [0.25, 0.3) is 5.57 Å². The Hall–Kier alpha value is -3.48. The first-order valence-electron chi connectivity index (χ1n) is 10.0. The van der Waals surface area contributed by atoms with Crippen molar-refractivity contribution >= 4 is 11.5 Å². The fourth-order valence-electron chi connectivity index (χ4n) is 3.63. The van der Waals surface area contributed by atoms with Crippen LogP contribution in [0.5, 0.6) is 11.8 Å². The highest BCUT2D eigenvalue weighted by Crippen LogP contribution is 2.36. The highest BCUT2D eigenvalue weighted by Gasteiger charge is 2.21. The number of allylic oxidation sites excluding steroid dienone is 1. The van der Waals surface area contributed by atoms with Crippen LogP contribution in [0.1, 0.15) is 58.5 Å². The fourth-order valence-corrected chi connectivity index (χ4v) is 3.63. The van der Waals surface area contributed by atoms with E-state index in [1.54, 1.807) is 6.92 Å². The molecule has 0 spiro atoms. The first-order chi connectivity index (χ1) is 14.8. The van der Waals surface area contributed by atoms with E-state index in [9.17, 15) is 13.6 Å². The zero-order chi connectivity index (χ0) is 22.1. The zero-order valence-corrected chi connectivity index (χ0v) is 17.3. The Morgan fingerprint density at radius 3 is 2.74 bits per heavy atom. The van der Waals surface area contributed by atoms with Gasteiger partial charge < -0.3 is 14.5 Å². The Morgan fingerprint density at radius 1 is 1.26 bits per heavy atom. The predicted molar refractivity (Wildman–Crippen MR) is 112 cm³/mol. The Morgan fingerprint density at radius 2 is 2.00 bits per heavy atom. The number of hydrogen-bond donors (Lipinski definition) is 1. The lowest BCUT2D eigenvalue weighted by Gasteiger charge is -2.20. The number of ether oxygens (including phenoxy) is 1. The van der Waals surface area contributed by atoms with Gasteiger partial charge in [0, 0.05) is 11.1 Å². The number of halogens is 2. The summed E-state index contributed by atoms with van der Waals surface area (Å²) in [4.78, 5) is 16.6. The first-order valence-corrected chi connectivity index (χ1v) is 10.0. The maximum Gasteiger partial charge on any atom is 0.399 e. The molecule has 1 aliphatic carbocycles. The average molecular weight is 424 g/mol. The molecule has 1 atom stereocenters. The fraction of sp³-hybridized carbons (Fsp3) is 0.250. The van der Waals surface area contributed by atoms with Gasteiger partial charge in [0.2, 0.25) is 0 Å². The lowest BCUT2D eigenvalue weighted by atomic mass is 9.88. The van der Waals surface area contributed by atoms with Crippen molar-refractivity contribution in [2.45, 2.75) is 39.2 Å². The highest BCUT2D eigenvalue weighted by molar-refractivity contribution is 5.92. The molecule has 7 heteroatoms. The van der Waals surface area contributed by atoms with Crippen molar-refractivity contribution in [3.8, 4) is 11.8 Å². The molecule has 160 valence electrons. The molecule has 1 N–H and O–H groups in total. The number of benzene rings is 2. The summed E-state index contributed by atoms with van der Waals surface area (Å²) in [6.45, 7) is 7.09. The monoisotopic (exact) mass is 424 g/mol. The van der Waals surface area contributed by atoms with Gasteiger partial charge in [-0.05, 0) is 68.0 Å². The second-order valence-corrected chi connectivity index (χ2v) is 7.64.